The van der Waals surface area contributed by atoms with Crippen LogP contribution in [0.3, 0.4) is 0 Å². The van der Waals surface area contributed by atoms with Crippen molar-refractivity contribution < 1.29 is 9.53 Å². The molecule has 108 valence electrons. The van der Waals surface area contributed by atoms with Crippen molar-refractivity contribution >= 4 is 11.6 Å². The van der Waals surface area contributed by atoms with Gasteiger partial charge in [-0.3, -0.25) is 4.79 Å². The van der Waals surface area contributed by atoms with Crippen molar-refractivity contribution in [1.29, 1.82) is 0 Å². The summed E-state index contributed by atoms with van der Waals surface area (Å²) < 4.78 is 5.28. The van der Waals surface area contributed by atoms with E-state index >= 15 is 0 Å². The molecular formula is C17H18N2O2. The summed E-state index contributed by atoms with van der Waals surface area (Å²) in [6.45, 7) is 0. The molecule has 21 heavy (non-hydrogen) atoms. The van der Waals surface area contributed by atoms with E-state index in [0.717, 1.165) is 29.0 Å². The van der Waals surface area contributed by atoms with Crippen molar-refractivity contribution in [2.24, 2.45) is 5.73 Å². The van der Waals surface area contributed by atoms with E-state index in [-0.39, 0.29) is 5.91 Å². The number of nitrogens with one attached hydrogen (secondary N) is 1. The van der Waals surface area contributed by atoms with Crippen LogP contribution in [-0.2, 0) is 16.8 Å². The minimum Gasteiger partial charge on any atom is -0.497 e. The molecule has 0 fully saturated rings. The summed E-state index contributed by atoms with van der Waals surface area (Å²) in [4.78, 5) is 12.2. The Balaban J connectivity index is 2.07. The molecule has 0 saturated carbocycles. The number of hydrogen-bond acceptors (Lipinski definition) is 3. The first kappa shape index (κ1) is 13.5. The predicted octanol–water partition coefficient (Wildman–Crippen LogP) is 2.43. The highest BCUT2D eigenvalue weighted by Gasteiger charge is 2.44. The monoisotopic (exact) mass is 282 g/mol. The Bertz CT molecular complexity index is 670. The van der Waals surface area contributed by atoms with E-state index in [1.165, 1.54) is 0 Å². The van der Waals surface area contributed by atoms with Gasteiger partial charge >= 0.3 is 0 Å². The van der Waals surface area contributed by atoms with E-state index in [2.05, 4.69) is 5.32 Å². The molecule has 0 bridgehead atoms. The number of carbonyl (C=O) groups is 1. The lowest BCUT2D eigenvalue weighted by molar-refractivity contribution is -0.122. The van der Waals surface area contributed by atoms with E-state index in [1.807, 2.05) is 48.5 Å². The third-order valence-corrected chi connectivity index (χ3v) is 4.10. The molecule has 3 N–H and O–H groups in total. The van der Waals surface area contributed by atoms with Crippen LogP contribution in [0.4, 0.5) is 5.69 Å². The summed E-state index contributed by atoms with van der Waals surface area (Å²) in [6, 6.07) is 15.5. The fourth-order valence-corrected chi connectivity index (χ4v) is 2.97. The quantitative estimate of drug-likeness (QED) is 0.905. The van der Waals surface area contributed by atoms with Gasteiger partial charge in [-0.2, -0.15) is 0 Å². The number of ether oxygens (including phenoxy) is 1. The Morgan fingerprint density at radius 3 is 2.67 bits per heavy atom. The number of methoxy groups -OCH3 is 1. The van der Waals surface area contributed by atoms with Gasteiger partial charge in [0.05, 0.1) is 7.11 Å². The van der Waals surface area contributed by atoms with E-state index in [4.69, 9.17) is 10.5 Å². The second-order valence-corrected chi connectivity index (χ2v) is 5.28. The Morgan fingerprint density at radius 1 is 1.24 bits per heavy atom. The number of benzene rings is 2. The van der Waals surface area contributed by atoms with E-state index in [1.54, 1.807) is 7.11 Å². The van der Waals surface area contributed by atoms with Crippen LogP contribution in [0.2, 0.25) is 0 Å². The molecule has 2 aromatic rings. The first-order valence-corrected chi connectivity index (χ1v) is 6.96. The summed E-state index contributed by atoms with van der Waals surface area (Å²) in [5.74, 6) is 0.370. The van der Waals surface area contributed by atoms with E-state index in [0.29, 0.717) is 6.42 Å². The van der Waals surface area contributed by atoms with Gasteiger partial charge in [0, 0.05) is 5.69 Å². The van der Waals surface area contributed by atoms with Gasteiger partial charge in [-0.1, -0.05) is 24.3 Å². The Hall–Kier alpha value is -2.49. The zero-order valence-electron chi connectivity index (χ0n) is 11.9. The predicted molar refractivity (Wildman–Crippen MR) is 82.3 cm³/mol. The highest BCUT2D eigenvalue weighted by atomic mass is 16.5. The zero-order chi connectivity index (χ0) is 14.9. The summed E-state index contributed by atoms with van der Waals surface area (Å²) in [5.41, 5.74) is 7.81. The lowest BCUT2D eigenvalue weighted by Gasteiger charge is -2.29. The smallest absolute Gasteiger partial charge is 0.247 e. The molecule has 0 aliphatic heterocycles. The molecule has 1 aliphatic carbocycles. The molecule has 2 aromatic carbocycles. The minimum absolute atomic E-state index is 0.363. The van der Waals surface area contributed by atoms with E-state index in [9.17, 15) is 4.79 Å². The molecule has 1 amide bonds. The van der Waals surface area contributed by atoms with Crippen LogP contribution in [-0.4, -0.2) is 13.0 Å². The maximum absolute atomic E-state index is 12.2. The average molecular weight is 282 g/mol. The highest BCUT2D eigenvalue weighted by molar-refractivity contribution is 5.91. The third kappa shape index (κ3) is 2.23. The van der Waals surface area contributed by atoms with Crippen molar-refractivity contribution in [2.75, 3.05) is 12.4 Å². The number of anilines is 1. The number of rotatable bonds is 4. The first-order chi connectivity index (χ1) is 10.2. The topological polar surface area (TPSA) is 64.3 Å². The minimum atomic E-state index is -0.870. The number of nitrogens with two attached hydrogens (primary N) is 1. The van der Waals surface area contributed by atoms with Crippen LogP contribution in [0.15, 0.2) is 48.5 Å². The van der Waals surface area contributed by atoms with Crippen molar-refractivity contribution in [3.8, 4) is 5.75 Å². The molecule has 0 spiro atoms. The molecule has 3 rings (SSSR count). The number of fused-ring (bicyclic) bond motifs is 1. The van der Waals surface area contributed by atoms with Gasteiger partial charge in [0.25, 0.3) is 0 Å². The Morgan fingerprint density at radius 2 is 2.00 bits per heavy atom. The van der Waals surface area contributed by atoms with Gasteiger partial charge in [-0.05, 0) is 48.2 Å². The van der Waals surface area contributed by atoms with Crippen LogP contribution in [0, 0.1) is 0 Å². The fraction of sp³-hybridized carbons (Fsp3) is 0.235. The second kappa shape index (κ2) is 5.13. The zero-order valence-corrected chi connectivity index (χ0v) is 11.9. The van der Waals surface area contributed by atoms with E-state index < -0.39 is 5.54 Å². The van der Waals surface area contributed by atoms with Crippen LogP contribution < -0.4 is 15.8 Å². The number of carbonyl (C=O) groups excluding carboxylic acids is 1. The molecular weight excluding hydrogens is 264 g/mol. The van der Waals surface area contributed by atoms with Gasteiger partial charge in [0.2, 0.25) is 5.91 Å². The normalized spacial score (nSPS) is 19.9. The number of hydrogen-bond donors (Lipinski definition) is 2. The second-order valence-electron chi connectivity index (χ2n) is 5.28. The molecule has 4 nitrogen and oxygen atoms in total. The molecule has 1 aliphatic rings. The molecule has 0 aromatic heterocycles. The maximum atomic E-state index is 12.2. The lowest BCUT2D eigenvalue weighted by Crippen LogP contribution is -2.46. The number of para-hydroxylation sites is 1. The van der Waals surface area contributed by atoms with Crippen LogP contribution in [0.5, 0.6) is 5.75 Å². The summed E-state index contributed by atoms with van der Waals surface area (Å²) >= 11 is 0. The number of amides is 1. The molecule has 0 radical (unpaired) electrons. The summed E-state index contributed by atoms with van der Waals surface area (Å²) in [6.07, 6.45) is 1.47. The van der Waals surface area contributed by atoms with Crippen molar-refractivity contribution in [3.05, 3.63) is 59.7 Å². The number of aryl methyl sites for hydroxylation is 1. The molecule has 0 saturated heterocycles. The van der Waals surface area contributed by atoms with Crippen LogP contribution in [0.25, 0.3) is 0 Å². The SMILES string of the molecule is COc1ccc2c(c1)C(Nc1ccccc1)(C(N)=O)CC2. The van der Waals surface area contributed by atoms with Gasteiger partial charge in [-0.25, -0.2) is 0 Å². The number of primary amides is 1. The average Bonchev–Trinajstić information content (AvgIpc) is 2.87. The van der Waals surface area contributed by atoms with Crippen LogP contribution >= 0.6 is 0 Å². The molecule has 4 heteroatoms. The highest BCUT2D eigenvalue weighted by Crippen LogP contribution is 2.41. The van der Waals surface area contributed by atoms with Gasteiger partial charge in [0.15, 0.2) is 0 Å². The van der Waals surface area contributed by atoms with Crippen molar-refractivity contribution in [3.63, 3.8) is 0 Å². The summed E-state index contributed by atoms with van der Waals surface area (Å²) in [7, 11) is 1.62. The standard InChI is InChI=1S/C17H18N2O2/c1-21-14-8-7-12-9-10-17(16(18)20,15(12)11-14)19-13-5-3-2-4-6-13/h2-8,11,19H,9-10H2,1H3,(H2,18,20). The van der Waals surface area contributed by atoms with Gasteiger partial charge in [-0.15, -0.1) is 0 Å². The van der Waals surface area contributed by atoms with Crippen molar-refractivity contribution in [1.82, 2.24) is 0 Å². The molecule has 1 atom stereocenters. The largest absolute Gasteiger partial charge is 0.497 e. The summed E-state index contributed by atoms with van der Waals surface area (Å²) in [5, 5.41) is 3.33. The fourth-order valence-electron chi connectivity index (χ4n) is 2.97. The van der Waals surface area contributed by atoms with Crippen LogP contribution in [0.1, 0.15) is 17.5 Å². The van der Waals surface area contributed by atoms with Gasteiger partial charge < -0.3 is 15.8 Å². The molecule has 1 unspecified atom stereocenters. The Labute approximate surface area is 123 Å². The Kier molecular flexibility index (Phi) is 3.29. The molecule has 0 heterocycles. The third-order valence-electron chi connectivity index (χ3n) is 4.10. The van der Waals surface area contributed by atoms with Crippen molar-refractivity contribution in [2.45, 2.75) is 18.4 Å². The first-order valence-electron chi connectivity index (χ1n) is 6.96. The van der Waals surface area contributed by atoms with Gasteiger partial charge in [0.1, 0.15) is 11.3 Å². The maximum Gasteiger partial charge on any atom is 0.247 e. The lowest BCUT2D eigenvalue weighted by atomic mass is 9.90.